The van der Waals surface area contributed by atoms with E-state index >= 15 is 0 Å². The van der Waals surface area contributed by atoms with Gasteiger partial charge in [-0.2, -0.15) is 0 Å². The predicted molar refractivity (Wildman–Crippen MR) is 82.3 cm³/mol. The molecule has 0 saturated heterocycles. The van der Waals surface area contributed by atoms with Gasteiger partial charge in [0.05, 0.1) is 5.56 Å². The van der Waals surface area contributed by atoms with Crippen molar-refractivity contribution in [1.29, 1.82) is 0 Å². The number of ketones is 1. The van der Waals surface area contributed by atoms with Crippen molar-refractivity contribution < 1.29 is 14.7 Å². The Balaban J connectivity index is 2.53. The quantitative estimate of drug-likeness (QED) is 0.881. The molecule has 114 valence electrons. The molecule has 0 radical (unpaired) electrons. The number of carbonyl (C=O) groups is 2. The van der Waals surface area contributed by atoms with Crippen LogP contribution >= 0.6 is 0 Å². The van der Waals surface area contributed by atoms with Crippen LogP contribution < -0.4 is 0 Å². The largest absolute Gasteiger partial charge is 0.476 e. The van der Waals surface area contributed by atoms with Crippen molar-refractivity contribution >= 4 is 11.8 Å². The van der Waals surface area contributed by atoms with E-state index in [1.165, 1.54) is 6.20 Å². The minimum Gasteiger partial charge on any atom is -0.476 e. The fourth-order valence-electron chi connectivity index (χ4n) is 1.93. The monoisotopic (exact) mass is 298 g/mol. The predicted octanol–water partition coefficient (Wildman–Crippen LogP) is 3.01. The van der Waals surface area contributed by atoms with E-state index in [0.717, 1.165) is 5.56 Å². The molecule has 1 N–H and O–H groups in total. The average molecular weight is 298 g/mol. The second-order valence-electron chi connectivity index (χ2n) is 6.21. The molecular weight excluding hydrogens is 280 g/mol. The molecule has 22 heavy (non-hydrogen) atoms. The number of aromatic carboxylic acids is 1. The third-order valence-electron chi connectivity index (χ3n) is 3.22. The standard InChI is InChI=1S/C17H18N2O3/c1-10-5-7-11(8-6-10)14(20)12-9-18-16(17(2,3)4)19-13(12)15(21)22/h5-9H,1-4H3,(H,21,22). The van der Waals surface area contributed by atoms with E-state index in [0.29, 0.717) is 11.4 Å². The summed E-state index contributed by atoms with van der Waals surface area (Å²) in [7, 11) is 0. The van der Waals surface area contributed by atoms with Crippen molar-refractivity contribution in [3.8, 4) is 0 Å². The number of carbonyl (C=O) groups excluding carboxylic acids is 1. The zero-order valence-corrected chi connectivity index (χ0v) is 13.0. The number of carboxylic acids is 1. The lowest BCUT2D eigenvalue weighted by molar-refractivity contribution is 0.0685. The summed E-state index contributed by atoms with van der Waals surface area (Å²) in [4.78, 5) is 32.2. The molecule has 0 bridgehead atoms. The maximum absolute atomic E-state index is 12.5. The normalized spacial score (nSPS) is 11.3. The number of hydrogen-bond acceptors (Lipinski definition) is 4. The van der Waals surface area contributed by atoms with E-state index in [2.05, 4.69) is 9.97 Å². The minimum absolute atomic E-state index is 0.00403. The summed E-state index contributed by atoms with van der Waals surface area (Å²) in [6, 6.07) is 6.94. The second-order valence-corrected chi connectivity index (χ2v) is 6.21. The summed E-state index contributed by atoms with van der Waals surface area (Å²) in [6.45, 7) is 7.57. The Morgan fingerprint density at radius 1 is 1.09 bits per heavy atom. The number of nitrogens with zero attached hydrogens (tertiary/aromatic N) is 2. The molecule has 0 aliphatic rings. The minimum atomic E-state index is -1.23. The lowest BCUT2D eigenvalue weighted by atomic mass is 9.95. The van der Waals surface area contributed by atoms with Crippen LogP contribution in [0.1, 0.15) is 58.6 Å². The van der Waals surface area contributed by atoms with Crippen molar-refractivity contribution in [3.05, 3.63) is 58.7 Å². The average Bonchev–Trinajstić information content (AvgIpc) is 2.45. The Kier molecular flexibility index (Phi) is 4.08. The first-order valence-corrected chi connectivity index (χ1v) is 6.92. The molecule has 0 amide bonds. The fourth-order valence-corrected chi connectivity index (χ4v) is 1.93. The summed E-state index contributed by atoms with van der Waals surface area (Å²) < 4.78 is 0. The van der Waals surface area contributed by atoms with E-state index in [9.17, 15) is 14.7 Å². The Bertz CT molecular complexity index is 729. The van der Waals surface area contributed by atoms with Gasteiger partial charge in [0.25, 0.3) is 0 Å². The van der Waals surface area contributed by atoms with Gasteiger partial charge in [-0.05, 0) is 6.92 Å². The van der Waals surface area contributed by atoms with Crippen LogP contribution in [-0.4, -0.2) is 26.8 Å². The van der Waals surface area contributed by atoms with E-state index in [4.69, 9.17) is 0 Å². The van der Waals surface area contributed by atoms with E-state index in [1.54, 1.807) is 24.3 Å². The Morgan fingerprint density at radius 3 is 2.18 bits per heavy atom. The van der Waals surface area contributed by atoms with Crippen molar-refractivity contribution in [2.75, 3.05) is 0 Å². The molecule has 1 heterocycles. The van der Waals surface area contributed by atoms with Gasteiger partial charge in [0.15, 0.2) is 11.5 Å². The summed E-state index contributed by atoms with van der Waals surface area (Å²) in [5, 5.41) is 9.35. The lowest BCUT2D eigenvalue weighted by Crippen LogP contribution is -2.21. The van der Waals surface area contributed by atoms with Gasteiger partial charge in [0, 0.05) is 17.2 Å². The zero-order chi connectivity index (χ0) is 16.5. The van der Waals surface area contributed by atoms with Crippen LogP contribution in [0.3, 0.4) is 0 Å². The number of rotatable bonds is 3. The topological polar surface area (TPSA) is 80.2 Å². The Hall–Kier alpha value is -2.56. The molecule has 2 rings (SSSR count). The molecule has 0 aliphatic heterocycles. The number of benzene rings is 1. The van der Waals surface area contributed by atoms with Gasteiger partial charge in [-0.25, -0.2) is 14.8 Å². The molecule has 0 saturated carbocycles. The van der Waals surface area contributed by atoms with Crippen LogP contribution in [0.5, 0.6) is 0 Å². The zero-order valence-electron chi connectivity index (χ0n) is 13.0. The molecule has 1 aromatic carbocycles. The maximum Gasteiger partial charge on any atom is 0.355 e. The molecule has 5 heteroatoms. The lowest BCUT2D eigenvalue weighted by Gasteiger charge is -2.17. The second kappa shape index (κ2) is 5.67. The van der Waals surface area contributed by atoms with Crippen molar-refractivity contribution in [1.82, 2.24) is 9.97 Å². The van der Waals surface area contributed by atoms with Crippen molar-refractivity contribution in [2.24, 2.45) is 0 Å². The van der Waals surface area contributed by atoms with Gasteiger partial charge in [-0.1, -0.05) is 50.6 Å². The van der Waals surface area contributed by atoms with Crippen LogP contribution in [0.15, 0.2) is 30.5 Å². The SMILES string of the molecule is Cc1ccc(C(=O)c2cnc(C(C)(C)C)nc2C(=O)O)cc1. The summed E-state index contributed by atoms with van der Waals surface area (Å²) in [5.41, 5.74) is 0.791. The van der Waals surface area contributed by atoms with Gasteiger partial charge in [-0.15, -0.1) is 0 Å². The highest BCUT2D eigenvalue weighted by Gasteiger charge is 2.25. The molecule has 0 atom stereocenters. The van der Waals surface area contributed by atoms with Gasteiger partial charge in [0.2, 0.25) is 0 Å². The highest BCUT2D eigenvalue weighted by atomic mass is 16.4. The molecule has 5 nitrogen and oxygen atoms in total. The maximum atomic E-state index is 12.5. The highest BCUT2D eigenvalue weighted by Crippen LogP contribution is 2.20. The third kappa shape index (κ3) is 3.19. The molecular formula is C17H18N2O3. The van der Waals surface area contributed by atoms with Gasteiger partial charge in [0.1, 0.15) is 5.82 Å². The van der Waals surface area contributed by atoms with Crippen LogP contribution in [0, 0.1) is 6.92 Å². The van der Waals surface area contributed by atoms with E-state index < -0.39 is 17.2 Å². The van der Waals surface area contributed by atoms with Crippen LogP contribution in [-0.2, 0) is 5.41 Å². The molecule has 0 spiro atoms. The third-order valence-corrected chi connectivity index (χ3v) is 3.22. The molecule has 2 aromatic rings. The first kappa shape index (κ1) is 15.8. The fraction of sp³-hybridized carbons (Fsp3) is 0.294. The number of carboxylic acid groups (broad SMARTS) is 1. The van der Waals surface area contributed by atoms with Crippen LogP contribution in [0.4, 0.5) is 0 Å². The summed E-state index contributed by atoms with van der Waals surface area (Å²) in [5.74, 6) is -1.23. The van der Waals surface area contributed by atoms with Crippen LogP contribution in [0.2, 0.25) is 0 Å². The molecule has 1 aromatic heterocycles. The first-order chi connectivity index (χ1) is 10.2. The Labute approximate surface area is 129 Å². The highest BCUT2D eigenvalue weighted by molar-refractivity contribution is 6.13. The molecule has 0 fully saturated rings. The van der Waals surface area contributed by atoms with Crippen molar-refractivity contribution in [3.63, 3.8) is 0 Å². The molecule has 0 unspecified atom stereocenters. The Morgan fingerprint density at radius 2 is 1.68 bits per heavy atom. The van der Waals surface area contributed by atoms with Gasteiger partial charge in [-0.3, -0.25) is 4.79 Å². The number of hydrogen-bond donors (Lipinski definition) is 1. The summed E-state index contributed by atoms with van der Waals surface area (Å²) in [6.07, 6.45) is 1.30. The first-order valence-electron chi connectivity index (χ1n) is 6.92. The van der Waals surface area contributed by atoms with Gasteiger partial charge < -0.3 is 5.11 Å². The summed E-state index contributed by atoms with van der Waals surface area (Å²) >= 11 is 0. The number of aromatic nitrogens is 2. The van der Waals surface area contributed by atoms with E-state index in [-0.39, 0.29) is 11.3 Å². The molecule has 0 aliphatic carbocycles. The van der Waals surface area contributed by atoms with Gasteiger partial charge >= 0.3 is 5.97 Å². The van der Waals surface area contributed by atoms with E-state index in [1.807, 2.05) is 27.7 Å². The van der Waals surface area contributed by atoms with Crippen molar-refractivity contribution in [2.45, 2.75) is 33.1 Å². The smallest absolute Gasteiger partial charge is 0.355 e. The number of aryl methyl sites for hydroxylation is 1. The van der Waals surface area contributed by atoms with Crippen LogP contribution in [0.25, 0.3) is 0 Å².